The fourth-order valence-electron chi connectivity index (χ4n) is 1.47. The highest BCUT2D eigenvalue weighted by Gasteiger charge is 2.13. The molecule has 0 bridgehead atoms. The van der Waals surface area contributed by atoms with Gasteiger partial charge in [0.25, 0.3) is 0 Å². The van der Waals surface area contributed by atoms with Crippen LogP contribution in [0.1, 0.15) is 16.1 Å². The number of rotatable bonds is 3. The Labute approximate surface area is 101 Å². The van der Waals surface area contributed by atoms with Crippen LogP contribution in [0.4, 0.5) is 4.39 Å². The standard InChI is InChI=1S/C11H8ClFN2O2/c12-8-2-1-3-9(13)7(8)6-15-10(11(16)17)4-5-14-15/h1-5H,6H2,(H,16,17). The van der Waals surface area contributed by atoms with Gasteiger partial charge in [0.05, 0.1) is 6.54 Å². The largest absolute Gasteiger partial charge is 0.477 e. The van der Waals surface area contributed by atoms with Crippen molar-refractivity contribution in [3.8, 4) is 0 Å². The van der Waals surface area contributed by atoms with Crippen LogP contribution in [0, 0.1) is 5.82 Å². The van der Waals surface area contributed by atoms with Gasteiger partial charge in [0.1, 0.15) is 11.5 Å². The van der Waals surface area contributed by atoms with Crippen LogP contribution >= 0.6 is 11.6 Å². The lowest BCUT2D eigenvalue weighted by Crippen LogP contribution is -2.12. The van der Waals surface area contributed by atoms with E-state index in [-0.39, 0.29) is 22.8 Å². The zero-order chi connectivity index (χ0) is 12.4. The summed E-state index contributed by atoms with van der Waals surface area (Å²) in [6, 6.07) is 5.65. The molecule has 1 aromatic carbocycles. The molecule has 2 aromatic rings. The first-order valence-electron chi connectivity index (χ1n) is 4.77. The molecule has 1 N–H and O–H groups in total. The second-order valence-electron chi connectivity index (χ2n) is 3.38. The van der Waals surface area contributed by atoms with Crippen LogP contribution in [0.2, 0.25) is 5.02 Å². The average molecular weight is 255 g/mol. The van der Waals surface area contributed by atoms with E-state index >= 15 is 0 Å². The number of nitrogens with zero attached hydrogens (tertiary/aromatic N) is 2. The summed E-state index contributed by atoms with van der Waals surface area (Å²) in [5.74, 6) is -1.60. The number of halogens is 2. The van der Waals surface area contributed by atoms with Gasteiger partial charge in [-0.2, -0.15) is 5.10 Å². The third kappa shape index (κ3) is 2.29. The summed E-state index contributed by atoms with van der Waals surface area (Å²) in [5, 5.41) is 13.0. The van der Waals surface area contributed by atoms with Gasteiger partial charge in [0.2, 0.25) is 0 Å². The maximum atomic E-state index is 13.5. The molecule has 88 valence electrons. The Morgan fingerprint density at radius 3 is 2.88 bits per heavy atom. The molecule has 6 heteroatoms. The van der Waals surface area contributed by atoms with Gasteiger partial charge in [-0.05, 0) is 18.2 Å². The first-order valence-corrected chi connectivity index (χ1v) is 5.15. The number of benzene rings is 1. The van der Waals surface area contributed by atoms with Crippen molar-refractivity contribution in [2.45, 2.75) is 6.54 Å². The van der Waals surface area contributed by atoms with Crippen molar-refractivity contribution in [3.63, 3.8) is 0 Å². The summed E-state index contributed by atoms with van der Waals surface area (Å²) in [7, 11) is 0. The molecule has 0 spiro atoms. The average Bonchev–Trinajstić information content (AvgIpc) is 2.72. The predicted octanol–water partition coefficient (Wildman–Crippen LogP) is 2.42. The Hall–Kier alpha value is -1.88. The molecule has 1 aromatic heterocycles. The number of carboxylic acid groups (broad SMARTS) is 1. The zero-order valence-electron chi connectivity index (χ0n) is 8.60. The van der Waals surface area contributed by atoms with Crippen molar-refractivity contribution < 1.29 is 14.3 Å². The van der Waals surface area contributed by atoms with Gasteiger partial charge in [-0.1, -0.05) is 17.7 Å². The Bertz CT molecular complexity index is 548. The maximum absolute atomic E-state index is 13.5. The van der Waals surface area contributed by atoms with Crippen LogP contribution in [0.25, 0.3) is 0 Å². The van der Waals surface area contributed by atoms with E-state index in [2.05, 4.69) is 5.10 Å². The highest BCUT2D eigenvalue weighted by atomic mass is 35.5. The van der Waals surface area contributed by atoms with Crippen molar-refractivity contribution >= 4 is 17.6 Å². The van der Waals surface area contributed by atoms with Gasteiger partial charge in [0, 0.05) is 16.8 Å². The maximum Gasteiger partial charge on any atom is 0.354 e. The second kappa shape index (κ2) is 4.55. The molecule has 0 amide bonds. The lowest BCUT2D eigenvalue weighted by Gasteiger charge is -2.07. The molecule has 1 heterocycles. The minimum Gasteiger partial charge on any atom is -0.477 e. The molecular formula is C11H8ClFN2O2. The van der Waals surface area contributed by atoms with E-state index in [1.54, 1.807) is 6.07 Å². The first kappa shape index (κ1) is 11.6. The topological polar surface area (TPSA) is 55.1 Å². The molecule has 17 heavy (non-hydrogen) atoms. The van der Waals surface area contributed by atoms with Gasteiger partial charge in [0.15, 0.2) is 0 Å². The molecule has 4 nitrogen and oxygen atoms in total. The third-order valence-electron chi connectivity index (χ3n) is 2.31. The number of carboxylic acids is 1. The van der Waals surface area contributed by atoms with E-state index in [0.717, 1.165) is 0 Å². The summed E-state index contributed by atoms with van der Waals surface area (Å²) in [6.07, 6.45) is 1.35. The van der Waals surface area contributed by atoms with Crippen molar-refractivity contribution in [1.82, 2.24) is 9.78 Å². The Morgan fingerprint density at radius 2 is 2.24 bits per heavy atom. The predicted molar refractivity (Wildman–Crippen MR) is 59.7 cm³/mol. The molecular weight excluding hydrogens is 247 g/mol. The number of carbonyl (C=O) groups is 1. The van der Waals surface area contributed by atoms with E-state index in [0.29, 0.717) is 0 Å². The molecule has 0 aliphatic heterocycles. The lowest BCUT2D eigenvalue weighted by molar-refractivity contribution is 0.0684. The Balaban J connectivity index is 2.38. The Kier molecular flexibility index (Phi) is 3.10. The van der Waals surface area contributed by atoms with E-state index in [1.165, 1.54) is 29.1 Å². The minimum absolute atomic E-state index is 0.00989. The third-order valence-corrected chi connectivity index (χ3v) is 2.66. The van der Waals surface area contributed by atoms with Gasteiger partial charge in [-0.3, -0.25) is 4.68 Å². The van der Waals surface area contributed by atoms with Crippen LogP contribution in [-0.2, 0) is 6.54 Å². The van der Waals surface area contributed by atoms with Crippen LogP contribution in [0.15, 0.2) is 30.5 Å². The number of hydrogen-bond acceptors (Lipinski definition) is 2. The zero-order valence-corrected chi connectivity index (χ0v) is 9.36. The number of aromatic nitrogens is 2. The lowest BCUT2D eigenvalue weighted by atomic mass is 10.2. The van der Waals surface area contributed by atoms with Gasteiger partial charge in [-0.25, -0.2) is 9.18 Å². The summed E-state index contributed by atoms with van der Waals surface area (Å²) >= 11 is 5.85. The minimum atomic E-state index is -1.12. The SMILES string of the molecule is O=C(O)c1ccnn1Cc1c(F)cccc1Cl. The molecule has 2 rings (SSSR count). The Morgan fingerprint density at radius 1 is 1.47 bits per heavy atom. The quantitative estimate of drug-likeness (QED) is 0.915. The molecule has 0 radical (unpaired) electrons. The fourth-order valence-corrected chi connectivity index (χ4v) is 1.70. The number of aromatic carboxylic acids is 1. The van der Waals surface area contributed by atoms with E-state index in [1.807, 2.05) is 0 Å². The number of hydrogen-bond donors (Lipinski definition) is 1. The second-order valence-corrected chi connectivity index (χ2v) is 3.79. The normalized spacial score (nSPS) is 10.5. The van der Waals surface area contributed by atoms with E-state index in [9.17, 15) is 9.18 Å². The summed E-state index contributed by atoms with van der Waals surface area (Å²) in [5.41, 5.74) is 0.213. The van der Waals surface area contributed by atoms with Crippen LogP contribution in [0.5, 0.6) is 0 Å². The molecule has 0 saturated carbocycles. The van der Waals surface area contributed by atoms with Crippen LogP contribution < -0.4 is 0 Å². The van der Waals surface area contributed by atoms with Crippen molar-refractivity contribution in [2.24, 2.45) is 0 Å². The van der Waals surface area contributed by atoms with Gasteiger partial charge >= 0.3 is 5.97 Å². The van der Waals surface area contributed by atoms with E-state index < -0.39 is 11.8 Å². The van der Waals surface area contributed by atoms with Crippen molar-refractivity contribution in [2.75, 3.05) is 0 Å². The smallest absolute Gasteiger partial charge is 0.354 e. The van der Waals surface area contributed by atoms with Crippen LogP contribution in [0.3, 0.4) is 0 Å². The molecule has 0 unspecified atom stereocenters. The highest BCUT2D eigenvalue weighted by Crippen LogP contribution is 2.20. The fraction of sp³-hybridized carbons (Fsp3) is 0.0909. The van der Waals surface area contributed by atoms with Gasteiger partial charge in [-0.15, -0.1) is 0 Å². The van der Waals surface area contributed by atoms with Crippen molar-refractivity contribution in [3.05, 3.63) is 52.6 Å². The van der Waals surface area contributed by atoms with Crippen molar-refractivity contribution in [1.29, 1.82) is 0 Å². The molecule has 0 aliphatic rings. The van der Waals surface area contributed by atoms with E-state index in [4.69, 9.17) is 16.7 Å². The first-order chi connectivity index (χ1) is 8.09. The molecule has 0 fully saturated rings. The molecule has 0 aliphatic carbocycles. The summed E-state index contributed by atoms with van der Waals surface area (Å²) in [4.78, 5) is 10.9. The molecule has 0 saturated heterocycles. The summed E-state index contributed by atoms with van der Waals surface area (Å²) < 4.78 is 14.7. The highest BCUT2D eigenvalue weighted by molar-refractivity contribution is 6.31. The summed E-state index contributed by atoms with van der Waals surface area (Å²) in [6.45, 7) is -0.0138. The monoisotopic (exact) mass is 254 g/mol. The van der Waals surface area contributed by atoms with Crippen LogP contribution in [-0.4, -0.2) is 20.9 Å². The van der Waals surface area contributed by atoms with Gasteiger partial charge < -0.3 is 5.11 Å². The molecule has 0 atom stereocenters.